The van der Waals surface area contributed by atoms with Crippen LogP contribution in [0.3, 0.4) is 0 Å². The van der Waals surface area contributed by atoms with Crippen molar-refractivity contribution in [2.45, 2.75) is 235 Å². The number of hydrogen-bond acceptors (Lipinski definition) is 23. The fourth-order valence-electron chi connectivity index (χ4n) is 16.2. The maximum Gasteiger partial charge on any atom is 0.409 e. The molecular weight excluding hydrogens is 1550 g/mol. The predicted octanol–water partition coefficient (Wildman–Crippen LogP) is 9.67. The first kappa shape index (κ1) is 88.8. The molecule has 7 heterocycles. The number of carbonyl (C=O) groups excluding carboxylic acids is 11. The van der Waals surface area contributed by atoms with Gasteiger partial charge in [0.1, 0.15) is 70.3 Å². The summed E-state index contributed by atoms with van der Waals surface area (Å²) < 4.78 is 48.0. The molecule has 8 bridgehead atoms. The van der Waals surface area contributed by atoms with E-state index < -0.39 is 155 Å². The van der Waals surface area contributed by atoms with Crippen LogP contribution in [0.25, 0.3) is 0 Å². The van der Waals surface area contributed by atoms with Crippen LogP contribution in [-0.2, 0) is 89.2 Å². The number of epoxide rings is 2. The number of ether oxygens (including phenoxy) is 8. The molecule has 28 nitrogen and oxygen atoms in total. The van der Waals surface area contributed by atoms with E-state index in [1.54, 1.807) is 72.0 Å². The van der Waals surface area contributed by atoms with E-state index in [2.05, 4.69) is 10.6 Å². The van der Waals surface area contributed by atoms with Gasteiger partial charge in [-0.25, -0.2) is 19.2 Å². The first-order chi connectivity index (χ1) is 53.6. The Labute approximate surface area is 684 Å². The van der Waals surface area contributed by atoms with Gasteiger partial charge < -0.3 is 67.7 Å². The van der Waals surface area contributed by atoms with E-state index in [-0.39, 0.29) is 90.4 Å². The van der Waals surface area contributed by atoms with Gasteiger partial charge in [-0.3, -0.25) is 49.1 Å². The van der Waals surface area contributed by atoms with Gasteiger partial charge in [-0.2, -0.15) is 0 Å². The molecule has 2 aromatic carbocycles. The standard InChI is InChI=1S/C82H109Cl2N7O21S2/c1-43-19-17-21-46(4)81(103)40-58(107-77(101)85-81)47(5)71-79(9,111-71)62(38-66(94)89(13)55-34-52(31-43)33-45(3)69(55)83)109-74(98)49(7)87(11)64(92)27-29-113-60-37-68(96)91(73(60)97)42-51-23-25-54(26-24-51)76(100)114-30-28-65(93)88(12)50(8)75(99)110-63-39-67(95)90(14)56-35-53(36-57(105-15)70(56)84)32-44(2)20-18-22-61(106-16)82(104)41-59(108-78(102)86-82)48(6)72-80(63,10)112-72/h17-22,33-36,46-51,54,58-63,71-72,103-104H,23-32,37-42H2,1-16H3,(H,85,101)(H,86,102)/b21-17+,22-18+,43-19+,44-20+. The minimum absolute atomic E-state index is 0.00252. The molecule has 0 spiro atoms. The molecule has 1 saturated carbocycles. The van der Waals surface area contributed by atoms with Crippen LogP contribution >= 0.6 is 46.7 Å². The number of carbonyl (C=O) groups is 11. The van der Waals surface area contributed by atoms with Gasteiger partial charge >= 0.3 is 24.1 Å². The zero-order chi connectivity index (χ0) is 83.5. The van der Waals surface area contributed by atoms with Crippen LogP contribution in [0, 0.1) is 36.5 Å². The van der Waals surface area contributed by atoms with E-state index in [9.17, 15) is 63.0 Å². The van der Waals surface area contributed by atoms with Gasteiger partial charge in [0.25, 0.3) is 0 Å². The smallest absolute Gasteiger partial charge is 0.409 e. The number of benzene rings is 2. The van der Waals surface area contributed by atoms with Crippen LogP contribution in [0.2, 0.25) is 10.0 Å². The summed E-state index contributed by atoms with van der Waals surface area (Å²) in [4.78, 5) is 159. The van der Waals surface area contributed by atoms with Crippen molar-refractivity contribution in [3.05, 3.63) is 98.6 Å². The molecule has 624 valence electrons. The highest BCUT2D eigenvalue weighted by Gasteiger charge is 2.66. The maximum absolute atomic E-state index is 14.5. The lowest BCUT2D eigenvalue weighted by Gasteiger charge is -2.42. The van der Waals surface area contributed by atoms with Gasteiger partial charge in [0.2, 0.25) is 35.4 Å². The number of methoxy groups -OCH3 is 2. The third-order valence-corrected chi connectivity index (χ3v) is 27.3. The molecule has 5 saturated heterocycles. The lowest BCUT2D eigenvalue weighted by molar-refractivity contribution is -0.162. The van der Waals surface area contributed by atoms with Gasteiger partial charge in [-0.15, -0.1) is 11.8 Å². The van der Waals surface area contributed by atoms with Gasteiger partial charge in [-0.05, 0) is 128 Å². The Morgan fingerprint density at radius 1 is 0.658 bits per heavy atom. The largest absolute Gasteiger partial charge is 0.495 e. The maximum atomic E-state index is 14.5. The summed E-state index contributed by atoms with van der Waals surface area (Å²) in [5, 5.41) is 28.6. The molecule has 17 unspecified atom stereocenters. The molecule has 4 N–H and O–H groups in total. The number of rotatable bonds is 18. The van der Waals surface area contributed by atoms with Crippen molar-refractivity contribution in [2.75, 3.05) is 70.3 Å². The number of halogens is 2. The van der Waals surface area contributed by atoms with Crippen LogP contribution < -0.4 is 25.2 Å². The molecule has 10 rings (SSSR count). The number of nitrogens with zero attached hydrogens (tertiary/aromatic N) is 5. The number of alkyl carbamates (subject to hydrolysis) is 2. The SMILES string of the molecule is COc1cc2cc(c1Cl)N(C)C(=O)CC(OC(=O)C(C)N(C)C(=O)CCSC(=O)C1CCC(CN3C(=O)CC(SCCC(=O)N(C)C(C)C(=O)OC4CC(=O)N(C)c5cc(cc(C)c5Cl)C/C(C)=C/C=C/C(C)C5(O)CC(OC(=O)N5)C(C)C5OC45C)C3=O)CC1)C1(C)OC1C(C)C1CC(O)(NC(=O)O1)C(OC)/C=C/C=C(\C)C2. The Balaban J connectivity index is 0.689. The molecule has 1 aliphatic carbocycles. The summed E-state index contributed by atoms with van der Waals surface area (Å²) in [6, 6.07) is 4.95. The monoisotopic (exact) mass is 1660 g/mol. The van der Waals surface area contributed by atoms with Crippen molar-refractivity contribution in [3.8, 4) is 5.75 Å². The van der Waals surface area contributed by atoms with Crippen molar-refractivity contribution in [3.63, 3.8) is 0 Å². The summed E-state index contributed by atoms with van der Waals surface area (Å²) >= 11 is 15.9. The van der Waals surface area contributed by atoms with Gasteiger partial charge in [0.05, 0.1) is 53.8 Å². The third-order valence-electron chi connectivity index (χ3n) is 24.2. The zero-order valence-electron chi connectivity index (χ0n) is 67.7. The van der Waals surface area contributed by atoms with Crippen molar-refractivity contribution >= 4 is 123 Å². The average Bonchev–Trinajstić information content (AvgIpc) is 1.57. The van der Waals surface area contributed by atoms with Crippen molar-refractivity contribution < 1.29 is 101 Å². The molecule has 32 heteroatoms. The number of fused-ring (bicyclic) bond motifs is 10. The molecule has 7 aliphatic heterocycles. The number of imide groups is 1. The van der Waals surface area contributed by atoms with Crippen molar-refractivity contribution in [1.82, 2.24) is 25.3 Å². The number of hydrogen-bond donors (Lipinski definition) is 4. The summed E-state index contributed by atoms with van der Waals surface area (Å²) in [6.45, 7) is 17.6. The third kappa shape index (κ3) is 20.0. The fraction of sp³-hybridized carbons (Fsp3) is 0.622. The molecule has 0 radical (unpaired) electrons. The minimum Gasteiger partial charge on any atom is -0.495 e. The lowest BCUT2D eigenvalue weighted by atomic mass is 9.82. The number of likely N-dealkylation sites (N-methyl/N-ethyl adjacent to an activating group) is 2. The Bertz CT molecular complexity index is 4190. The Hall–Kier alpha value is -7.55. The topological polar surface area (TPSA) is 349 Å². The van der Waals surface area contributed by atoms with Crippen LogP contribution in [0.1, 0.15) is 150 Å². The zero-order valence-corrected chi connectivity index (χ0v) is 70.9. The summed E-state index contributed by atoms with van der Waals surface area (Å²) in [6.07, 6.45) is 4.09. The summed E-state index contributed by atoms with van der Waals surface area (Å²) in [5.74, 6) is -5.83. The van der Waals surface area contributed by atoms with Crippen LogP contribution in [0.5, 0.6) is 5.75 Å². The number of amides is 8. The number of esters is 2. The van der Waals surface area contributed by atoms with Crippen LogP contribution in [-0.4, -0.2) is 233 Å². The molecular formula is C82H109Cl2N7O21S2. The molecule has 17 atom stereocenters. The second kappa shape index (κ2) is 36.5. The molecule has 0 aromatic heterocycles. The quantitative estimate of drug-likeness (QED) is 0.0467. The molecule has 8 aliphatic rings. The number of likely N-dealkylation sites (tertiary alicyclic amines) is 1. The first-order valence-corrected chi connectivity index (χ1v) is 41.6. The lowest BCUT2D eigenvalue weighted by Crippen LogP contribution is -2.63. The number of aryl methyl sites for hydroxylation is 1. The van der Waals surface area contributed by atoms with Gasteiger partial charge in [0.15, 0.2) is 10.8 Å². The second-order valence-electron chi connectivity index (χ2n) is 32.3. The Morgan fingerprint density at radius 3 is 1.66 bits per heavy atom. The van der Waals surface area contributed by atoms with E-state index in [0.29, 0.717) is 60.7 Å². The van der Waals surface area contributed by atoms with E-state index in [1.165, 1.54) is 85.5 Å². The number of nitrogens with one attached hydrogen (secondary N) is 2. The Morgan fingerprint density at radius 2 is 1.14 bits per heavy atom. The van der Waals surface area contributed by atoms with Crippen molar-refractivity contribution in [2.24, 2.45) is 29.6 Å². The van der Waals surface area contributed by atoms with Crippen LogP contribution in [0.15, 0.2) is 71.9 Å². The normalized spacial score (nSPS) is 33.5. The average molecular weight is 1660 g/mol. The number of allylic oxidation sites excluding steroid dienone is 6. The number of thioether (sulfide) groups is 2. The molecule has 2 aromatic rings. The molecule has 6 fully saturated rings. The Kier molecular flexibility index (Phi) is 28.5. The predicted molar refractivity (Wildman–Crippen MR) is 428 cm³/mol. The number of anilines is 2. The minimum atomic E-state index is -1.91. The second-order valence-corrected chi connectivity index (χ2v) is 35.5. The highest BCUT2D eigenvalue weighted by molar-refractivity contribution is 8.13. The first-order valence-electron chi connectivity index (χ1n) is 38.9. The van der Waals surface area contributed by atoms with Gasteiger partial charge in [-0.1, -0.05) is 109 Å². The van der Waals surface area contributed by atoms with E-state index >= 15 is 0 Å². The number of aliphatic hydroxyl groups is 2. The van der Waals surface area contributed by atoms with Crippen molar-refractivity contribution in [1.29, 1.82) is 0 Å². The van der Waals surface area contributed by atoms with E-state index in [1.807, 2.05) is 51.1 Å². The molecule has 114 heavy (non-hydrogen) atoms. The fourth-order valence-corrected chi connectivity index (χ4v) is 18.8. The van der Waals surface area contributed by atoms with E-state index in [0.717, 1.165) is 39.6 Å². The molecule has 8 amide bonds. The van der Waals surface area contributed by atoms with Gasteiger partial charge in [0, 0.05) is 109 Å². The highest BCUT2D eigenvalue weighted by Crippen LogP contribution is 2.52. The highest BCUT2D eigenvalue weighted by atomic mass is 35.5. The van der Waals surface area contributed by atoms with E-state index in [4.69, 9.17) is 61.1 Å². The van der Waals surface area contributed by atoms with Crippen LogP contribution in [0.4, 0.5) is 21.0 Å². The summed E-state index contributed by atoms with van der Waals surface area (Å²) in [5.41, 5.74) is -1.25. The summed E-state index contributed by atoms with van der Waals surface area (Å²) in [7, 11) is 8.88.